The molecule has 1 aliphatic heterocycles. The fourth-order valence-electron chi connectivity index (χ4n) is 3.78. The molecule has 0 unspecified atom stereocenters. The topological polar surface area (TPSA) is 98.3 Å². The number of aromatic nitrogens is 2. The molecule has 0 atom stereocenters. The maximum absolute atomic E-state index is 12.8. The molecule has 1 aromatic carbocycles. The van der Waals surface area contributed by atoms with Gasteiger partial charge in [0, 0.05) is 30.2 Å². The number of rotatable bonds is 4. The number of nitrogens with zero attached hydrogens (tertiary/aromatic N) is 3. The average Bonchev–Trinajstić information content (AvgIpc) is 2.68. The van der Waals surface area contributed by atoms with Crippen molar-refractivity contribution in [1.29, 1.82) is 0 Å². The van der Waals surface area contributed by atoms with E-state index in [2.05, 4.69) is 18.8 Å². The van der Waals surface area contributed by atoms with Gasteiger partial charge in [0.1, 0.15) is 17.8 Å². The third kappa shape index (κ3) is 3.51. The molecule has 29 heavy (non-hydrogen) atoms. The van der Waals surface area contributed by atoms with Crippen LogP contribution in [0.15, 0.2) is 53.5 Å². The minimum absolute atomic E-state index is 0.0839. The van der Waals surface area contributed by atoms with Gasteiger partial charge < -0.3 is 10.6 Å². The molecule has 1 saturated heterocycles. The SMILES string of the molecule is CC1(C)CN(C(=O)Cn2c(=O)c(C(N)=O)cc3cc(-c4ccccc4)cnc32)C1. The molecular weight excluding hydrogens is 368 g/mol. The Kier molecular flexibility index (Phi) is 4.45. The average molecular weight is 390 g/mol. The predicted octanol–water partition coefficient (Wildman–Crippen LogP) is 2.03. The van der Waals surface area contributed by atoms with Crippen LogP contribution in [0.25, 0.3) is 22.2 Å². The first-order chi connectivity index (χ1) is 13.7. The normalized spacial score (nSPS) is 15.2. The molecule has 2 N–H and O–H groups in total. The molecule has 4 rings (SSSR count). The molecule has 0 saturated carbocycles. The van der Waals surface area contributed by atoms with Gasteiger partial charge in [0.25, 0.3) is 11.5 Å². The summed E-state index contributed by atoms with van der Waals surface area (Å²) in [5, 5.41) is 0.580. The van der Waals surface area contributed by atoms with Crippen molar-refractivity contribution in [3.63, 3.8) is 0 Å². The Morgan fingerprint density at radius 1 is 1.10 bits per heavy atom. The Morgan fingerprint density at radius 2 is 1.79 bits per heavy atom. The van der Waals surface area contributed by atoms with Gasteiger partial charge in [0.15, 0.2) is 0 Å². The summed E-state index contributed by atoms with van der Waals surface area (Å²) >= 11 is 0. The van der Waals surface area contributed by atoms with Crippen LogP contribution in [0, 0.1) is 5.41 Å². The van der Waals surface area contributed by atoms with E-state index in [9.17, 15) is 14.4 Å². The van der Waals surface area contributed by atoms with Crippen molar-refractivity contribution < 1.29 is 9.59 Å². The van der Waals surface area contributed by atoms with Gasteiger partial charge in [-0.15, -0.1) is 0 Å². The number of benzene rings is 1. The number of primary amides is 1. The van der Waals surface area contributed by atoms with Crippen LogP contribution in [0.2, 0.25) is 0 Å². The predicted molar refractivity (Wildman–Crippen MR) is 110 cm³/mol. The number of hydrogen-bond acceptors (Lipinski definition) is 4. The number of likely N-dealkylation sites (tertiary alicyclic amines) is 1. The van der Waals surface area contributed by atoms with E-state index in [4.69, 9.17) is 5.73 Å². The minimum Gasteiger partial charge on any atom is -0.365 e. The van der Waals surface area contributed by atoms with Crippen molar-refractivity contribution in [3.8, 4) is 11.1 Å². The maximum Gasteiger partial charge on any atom is 0.265 e. The standard InChI is InChI=1S/C22H22N4O3/c1-22(2)12-25(13-22)18(27)11-26-20-15(9-17(19(23)28)21(26)29)8-16(10-24-20)14-6-4-3-5-7-14/h3-10H,11-13H2,1-2H3,(H2,23,28). The molecule has 7 heteroatoms. The maximum atomic E-state index is 12.8. The lowest BCUT2D eigenvalue weighted by molar-refractivity contribution is -0.142. The van der Waals surface area contributed by atoms with Crippen molar-refractivity contribution >= 4 is 22.8 Å². The molecule has 2 aromatic heterocycles. The monoisotopic (exact) mass is 390 g/mol. The van der Waals surface area contributed by atoms with E-state index in [-0.39, 0.29) is 23.4 Å². The smallest absolute Gasteiger partial charge is 0.265 e. The molecule has 2 amide bonds. The van der Waals surface area contributed by atoms with Gasteiger partial charge in [-0.2, -0.15) is 0 Å². The molecule has 3 aromatic rings. The van der Waals surface area contributed by atoms with E-state index < -0.39 is 11.5 Å². The van der Waals surface area contributed by atoms with Crippen LogP contribution < -0.4 is 11.3 Å². The molecule has 1 fully saturated rings. The first-order valence-corrected chi connectivity index (χ1v) is 9.42. The van der Waals surface area contributed by atoms with Crippen molar-refractivity contribution in [3.05, 3.63) is 64.6 Å². The lowest BCUT2D eigenvalue weighted by Crippen LogP contribution is -2.56. The third-order valence-electron chi connectivity index (χ3n) is 5.18. The summed E-state index contributed by atoms with van der Waals surface area (Å²) < 4.78 is 1.25. The fourth-order valence-corrected chi connectivity index (χ4v) is 3.78. The van der Waals surface area contributed by atoms with Crippen LogP contribution in [0.5, 0.6) is 0 Å². The van der Waals surface area contributed by atoms with Gasteiger partial charge in [-0.1, -0.05) is 44.2 Å². The number of carbonyl (C=O) groups is 2. The highest BCUT2D eigenvalue weighted by Gasteiger charge is 2.37. The lowest BCUT2D eigenvalue weighted by Gasteiger charge is -2.45. The van der Waals surface area contributed by atoms with E-state index in [0.29, 0.717) is 24.1 Å². The van der Waals surface area contributed by atoms with E-state index >= 15 is 0 Å². The van der Waals surface area contributed by atoms with Crippen LogP contribution in [-0.2, 0) is 11.3 Å². The number of amides is 2. The van der Waals surface area contributed by atoms with Gasteiger partial charge in [-0.3, -0.25) is 19.0 Å². The Labute approximate surface area is 167 Å². The fraction of sp³-hybridized carbons (Fsp3) is 0.273. The highest BCUT2D eigenvalue weighted by atomic mass is 16.2. The van der Waals surface area contributed by atoms with Crippen molar-refractivity contribution in [2.75, 3.05) is 13.1 Å². The zero-order valence-electron chi connectivity index (χ0n) is 16.4. The molecule has 0 radical (unpaired) electrons. The molecule has 148 valence electrons. The van der Waals surface area contributed by atoms with Crippen molar-refractivity contribution in [2.24, 2.45) is 11.1 Å². The molecule has 1 aliphatic rings. The molecular formula is C22H22N4O3. The number of pyridine rings is 2. The second-order valence-corrected chi connectivity index (χ2v) is 8.23. The summed E-state index contributed by atoms with van der Waals surface area (Å²) in [5.41, 5.74) is 6.91. The van der Waals surface area contributed by atoms with Gasteiger partial charge in [0.2, 0.25) is 5.91 Å². The van der Waals surface area contributed by atoms with Crippen molar-refractivity contribution in [2.45, 2.75) is 20.4 Å². The molecule has 0 spiro atoms. The van der Waals surface area contributed by atoms with E-state index in [1.807, 2.05) is 36.4 Å². The van der Waals surface area contributed by atoms with Gasteiger partial charge in [-0.25, -0.2) is 4.98 Å². The highest BCUT2D eigenvalue weighted by molar-refractivity contribution is 5.96. The first-order valence-electron chi connectivity index (χ1n) is 9.42. The molecule has 0 aliphatic carbocycles. The second kappa shape index (κ2) is 6.84. The van der Waals surface area contributed by atoms with E-state index in [0.717, 1.165) is 11.1 Å². The first kappa shape index (κ1) is 18.9. The second-order valence-electron chi connectivity index (χ2n) is 8.23. The Balaban J connectivity index is 1.80. The van der Waals surface area contributed by atoms with Crippen LogP contribution in [0.4, 0.5) is 0 Å². The Bertz CT molecular complexity index is 1170. The van der Waals surface area contributed by atoms with Crippen LogP contribution >= 0.6 is 0 Å². The quantitative estimate of drug-likeness (QED) is 0.737. The zero-order chi connectivity index (χ0) is 20.8. The molecule has 7 nitrogen and oxygen atoms in total. The summed E-state index contributed by atoms with van der Waals surface area (Å²) in [7, 11) is 0. The van der Waals surface area contributed by atoms with E-state index in [1.165, 1.54) is 10.6 Å². The number of fused-ring (bicyclic) bond motifs is 1. The van der Waals surface area contributed by atoms with E-state index in [1.54, 1.807) is 11.1 Å². The number of carbonyl (C=O) groups excluding carboxylic acids is 2. The largest absolute Gasteiger partial charge is 0.365 e. The van der Waals surface area contributed by atoms with Crippen LogP contribution in [-0.4, -0.2) is 39.4 Å². The van der Waals surface area contributed by atoms with Crippen LogP contribution in [0.1, 0.15) is 24.2 Å². The zero-order valence-corrected chi connectivity index (χ0v) is 16.4. The van der Waals surface area contributed by atoms with Gasteiger partial charge >= 0.3 is 0 Å². The molecule has 3 heterocycles. The Morgan fingerprint density at radius 3 is 2.41 bits per heavy atom. The Hall–Kier alpha value is -3.48. The lowest BCUT2D eigenvalue weighted by atomic mass is 9.84. The van der Waals surface area contributed by atoms with Gasteiger partial charge in [0.05, 0.1) is 0 Å². The minimum atomic E-state index is -0.826. The number of nitrogens with two attached hydrogens (primary N) is 1. The summed E-state index contributed by atoms with van der Waals surface area (Å²) in [5.74, 6) is -1.00. The summed E-state index contributed by atoms with van der Waals surface area (Å²) in [6.07, 6.45) is 1.66. The summed E-state index contributed by atoms with van der Waals surface area (Å²) in [4.78, 5) is 43.5. The summed E-state index contributed by atoms with van der Waals surface area (Å²) in [6.45, 7) is 5.26. The highest BCUT2D eigenvalue weighted by Crippen LogP contribution is 2.29. The number of hydrogen-bond donors (Lipinski definition) is 1. The van der Waals surface area contributed by atoms with Gasteiger partial charge in [-0.05, 0) is 23.1 Å². The van der Waals surface area contributed by atoms with Crippen LogP contribution in [0.3, 0.4) is 0 Å². The third-order valence-corrected chi connectivity index (χ3v) is 5.18. The summed E-state index contributed by atoms with van der Waals surface area (Å²) in [6, 6.07) is 12.9. The van der Waals surface area contributed by atoms with Crippen molar-refractivity contribution in [1.82, 2.24) is 14.5 Å². The molecule has 0 bridgehead atoms.